The van der Waals surface area contributed by atoms with Crippen molar-refractivity contribution in [2.24, 2.45) is 0 Å². The number of rotatable bonds is 9. The zero-order valence-electron chi connectivity index (χ0n) is 19.9. The summed E-state index contributed by atoms with van der Waals surface area (Å²) >= 11 is 1.39. The molecule has 0 bridgehead atoms. The smallest absolute Gasteiger partial charge is 0.233 e. The van der Waals surface area contributed by atoms with Gasteiger partial charge in [0.15, 0.2) is 10.9 Å². The first-order valence-corrected chi connectivity index (χ1v) is 12.7. The third kappa shape index (κ3) is 5.26. The molecule has 0 spiro atoms. The molecule has 7 heteroatoms. The SMILES string of the molecule is CN(C(=O)CSc1nnc(-c2ccco2)n1Cc1ccccc1)C(c1ccccc1)c1ccccc1. The molecular weight excluding hydrogens is 468 g/mol. The van der Waals surface area contributed by atoms with Crippen molar-refractivity contribution in [3.05, 3.63) is 126 Å². The van der Waals surface area contributed by atoms with Gasteiger partial charge in [-0.1, -0.05) is 103 Å². The maximum atomic E-state index is 13.4. The van der Waals surface area contributed by atoms with Gasteiger partial charge >= 0.3 is 0 Å². The van der Waals surface area contributed by atoms with Gasteiger partial charge < -0.3 is 9.32 Å². The number of thioether (sulfide) groups is 1. The molecule has 0 saturated heterocycles. The van der Waals surface area contributed by atoms with Crippen molar-refractivity contribution in [1.29, 1.82) is 0 Å². The summed E-state index contributed by atoms with van der Waals surface area (Å²) in [5.41, 5.74) is 3.25. The summed E-state index contributed by atoms with van der Waals surface area (Å²) in [4.78, 5) is 15.2. The fourth-order valence-corrected chi connectivity index (χ4v) is 5.04. The highest BCUT2D eigenvalue weighted by molar-refractivity contribution is 7.99. The van der Waals surface area contributed by atoms with E-state index in [1.54, 1.807) is 6.26 Å². The molecule has 3 aromatic carbocycles. The molecule has 0 aliphatic carbocycles. The number of hydrogen-bond acceptors (Lipinski definition) is 5. The first kappa shape index (κ1) is 23.6. The highest BCUT2D eigenvalue weighted by Crippen LogP contribution is 2.30. The molecule has 6 nitrogen and oxygen atoms in total. The molecule has 0 fully saturated rings. The van der Waals surface area contributed by atoms with Crippen molar-refractivity contribution in [2.75, 3.05) is 12.8 Å². The normalized spacial score (nSPS) is 11.1. The number of nitrogens with zero attached hydrogens (tertiary/aromatic N) is 4. The average Bonchev–Trinajstić information content (AvgIpc) is 3.59. The maximum Gasteiger partial charge on any atom is 0.233 e. The van der Waals surface area contributed by atoms with Gasteiger partial charge in [-0.2, -0.15) is 0 Å². The number of hydrogen-bond donors (Lipinski definition) is 0. The predicted molar refractivity (Wildman–Crippen MR) is 141 cm³/mol. The lowest BCUT2D eigenvalue weighted by atomic mass is 9.97. The Balaban J connectivity index is 1.38. The predicted octanol–water partition coefficient (Wildman–Crippen LogP) is 5.93. The minimum atomic E-state index is -0.179. The Kier molecular flexibility index (Phi) is 7.28. The molecule has 0 aliphatic rings. The highest BCUT2D eigenvalue weighted by Gasteiger charge is 2.25. The number of amides is 1. The number of furan rings is 1. The van der Waals surface area contributed by atoms with Crippen LogP contribution in [-0.4, -0.2) is 38.4 Å². The van der Waals surface area contributed by atoms with Crippen LogP contribution in [0.25, 0.3) is 11.6 Å². The fraction of sp³-hybridized carbons (Fsp3) is 0.138. The van der Waals surface area contributed by atoms with Crippen LogP contribution in [0.1, 0.15) is 22.7 Å². The molecular formula is C29H26N4O2S. The second-order valence-electron chi connectivity index (χ2n) is 8.37. The third-order valence-corrected chi connectivity index (χ3v) is 6.93. The Morgan fingerprint density at radius 1 is 0.861 bits per heavy atom. The van der Waals surface area contributed by atoms with Gasteiger partial charge in [0, 0.05) is 7.05 Å². The molecule has 5 rings (SSSR count). The summed E-state index contributed by atoms with van der Waals surface area (Å²) in [7, 11) is 1.86. The van der Waals surface area contributed by atoms with Gasteiger partial charge in [-0.3, -0.25) is 9.36 Å². The van der Waals surface area contributed by atoms with Crippen LogP contribution in [0.2, 0.25) is 0 Å². The maximum absolute atomic E-state index is 13.4. The zero-order chi connectivity index (χ0) is 24.7. The monoisotopic (exact) mass is 494 g/mol. The van der Waals surface area contributed by atoms with Gasteiger partial charge in [0.05, 0.1) is 24.6 Å². The lowest BCUT2D eigenvalue weighted by molar-refractivity contribution is -0.128. The molecule has 5 aromatic rings. The lowest BCUT2D eigenvalue weighted by Crippen LogP contribution is -2.33. The minimum absolute atomic E-state index is 0.00603. The number of carbonyl (C=O) groups is 1. The van der Waals surface area contributed by atoms with Crippen molar-refractivity contribution in [3.8, 4) is 11.6 Å². The van der Waals surface area contributed by atoms with Crippen molar-refractivity contribution >= 4 is 17.7 Å². The van der Waals surface area contributed by atoms with Gasteiger partial charge in [-0.15, -0.1) is 10.2 Å². The van der Waals surface area contributed by atoms with Gasteiger partial charge in [-0.05, 0) is 28.8 Å². The molecule has 180 valence electrons. The second kappa shape index (κ2) is 11.1. The first-order valence-electron chi connectivity index (χ1n) is 11.7. The Bertz CT molecular complexity index is 1350. The number of carbonyl (C=O) groups excluding carboxylic acids is 1. The van der Waals surface area contributed by atoms with Crippen molar-refractivity contribution in [3.63, 3.8) is 0 Å². The quantitative estimate of drug-likeness (QED) is 0.238. The third-order valence-electron chi connectivity index (χ3n) is 5.98. The number of aromatic nitrogens is 3. The van der Waals surface area contributed by atoms with E-state index < -0.39 is 0 Å². The summed E-state index contributed by atoms with van der Waals surface area (Å²) in [6.45, 7) is 0.576. The van der Waals surface area contributed by atoms with Gasteiger partial charge in [0.2, 0.25) is 11.7 Å². The standard InChI is InChI=1S/C29H26N4O2S/c1-32(27(23-14-7-3-8-15-23)24-16-9-4-10-17-24)26(34)21-36-29-31-30-28(25-18-11-19-35-25)33(29)20-22-12-5-2-6-13-22/h2-19,27H,20-21H2,1H3. The summed E-state index contributed by atoms with van der Waals surface area (Å²) in [5, 5.41) is 9.46. The first-order chi connectivity index (χ1) is 17.7. The van der Waals surface area contributed by atoms with E-state index in [1.165, 1.54) is 11.8 Å². The van der Waals surface area contributed by atoms with Crippen molar-refractivity contribution < 1.29 is 9.21 Å². The summed E-state index contributed by atoms with van der Waals surface area (Å²) in [5.74, 6) is 1.52. The number of benzene rings is 3. The van der Waals surface area contributed by atoms with Crippen LogP contribution in [-0.2, 0) is 11.3 Å². The van der Waals surface area contributed by atoms with Crippen molar-refractivity contribution in [1.82, 2.24) is 19.7 Å². The van der Waals surface area contributed by atoms with Gasteiger partial charge in [0.1, 0.15) is 0 Å². The topological polar surface area (TPSA) is 64.2 Å². The average molecular weight is 495 g/mol. The van der Waals surface area contributed by atoms with Crippen molar-refractivity contribution in [2.45, 2.75) is 17.7 Å². The van der Waals surface area contributed by atoms with E-state index in [4.69, 9.17) is 4.42 Å². The lowest BCUT2D eigenvalue weighted by Gasteiger charge is -2.29. The van der Waals surface area contributed by atoms with Crippen LogP contribution in [0.4, 0.5) is 0 Å². The van der Waals surface area contributed by atoms with E-state index >= 15 is 0 Å². The molecule has 0 radical (unpaired) electrons. The summed E-state index contributed by atoms with van der Waals surface area (Å²) in [6, 6.07) is 33.8. The summed E-state index contributed by atoms with van der Waals surface area (Å²) < 4.78 is 7.59. The van der Waals surface area contributed by atoms with E-state index in [2.05, 4.69) is 46.6 Å². The Hall–Kier alpha value is -4.10. The molecule has 0 N–H and O–H groups in total. The Morgan fingerprint density at radius 2 is 1.47 bits per heavy atom. The van der Waals surface area contributed by atoms with Crippen LogP contribution in [0, 0.1) is 0 Å². The minimum Gasteiger partial charge on any atom is -0.461 e. The van der Waals surface area contributed by atoms with Gasteiger partial charge in [0.25, 0.3) is 0 Å². The van der Waals surface area contributed by atoms with Gasteiger partial charge in [-0.25, -0.2) is 0 Å². The van der Waals surface area contributed by atoms with E-state index in [1.807, 2.05) is 83.2 Å². The van der Waals surface area contributed by atoms with Crippen LogP contribution in [0.3, 0.4) is 0 Å². The largest absolute Gasteiger partial charge is 0.461 e. The van der Waals surface area contributed by atoms with Crippen LogP contribution < -0.4 is 0 Å². The zero-order valence-corrected chi connectivity index (χ0v) is 20.7. The Labute approximate surface area is 214 Å². The second-order valence-corrected chi connectivity index (χ2v) is 9.31. The molecule has 0 atom stereocenters. The molecule has 36 heavy (non-hydrogen) atoms. The molecule has 1 amide bonds. The molecule has 0 saturated carbocycles. The molecule has 2 aromatic heterocycles. The molecule has 2 heterocycles. The fourth-order valence-electron chi connectivity index (χ4n) is 4.17. The van der Waals surface area contributed by atoms with Crippen LogP contribution in [0.15, 0.2) is 119 Å². The van der Waals surface area contributed by atoms with E-state index in [-0.39, 0.29) is 17.7 Å². The highest BCUT2D eigenvalue weighted by atomic mass is 32.2. The van der Waals surface area contributed by atoms with Crippen LogP contribution >= 0.6 is 11.8 Å². The molecule has 0 unspecified atom stereocenters. The molecule has 0 aliphatic heterocycles. The van der Waals surface area contributed by atoms with E-state index in [0.717, 1.165) is 16.7 Å². The summed E-state index contributed by atoms with van der Waals surface area (Å²) in [6.07, 6.45) is 1.62. The Morgan fingerprint density at radius 3 is 2.06 bits per heavy atom. The van der Waals surface area contributed by atoms with E-state index in [0.29, 0.717) is 23.3 Å². The van der Waals surface area contributed by atoms with Crippen LogP contribution in [0.5, 0.6) is 0 Å². The van der Waals surface area contributed by atoms with E-state index in [9.17, 15) is 4.79 Å².